The van der Waals surface area contributed by atoms with Crippen LogP contribution in [0.5, 0.6) is 5.75 Å². The van der Waals surface area contributed by atoms with E-state index in [-0.39, 0.29) is 11.3 Å². The van der Waals surface area contributed by atoms with Crippen LogP contribution < -0.4 is 9.80 Å². The Balaban J connectivity index is 1.41. The van der Waals surface area contributed by atoms with Crippen LogP contribution in [0.25, 0.3) is 11.1 Å². The van der Waals surface area contributed by atoms with Crippen LogP contribution in [0.15, 0.2) is 131 Å². The van der Waals surface area contributed by atoms with Crippen LogP contribution in [0, 0.1) is 65.0 Å². The molecule has 1 saturated heterocycles. The highest BCUT2D eigenvalue weighted by atomic mass is 16.6. The average Bonchev–Trinajstić information content (AvgIpc) is 3.76. The van der Waals surface area contributed by atoms with Crippen LogP contribution in [0.3, 0.4) is 0 Å². The molecule has 7 nitrogen and oxygen atoms in total. The number of nitro groups is 1. The highest BCUT2D eigenvalue weighted by Crippen LogP contribution is 2.53. The van der Waals surface area contributed by atoms with Crippen molar-refractivity contribution in [3.63, 3.8) is 0 Å². The van der Waals surface area contributed by atoms with Crippen LogP contribution in [0.1, 0.15) is 62.1 Å². The summed E-state index contributed by atoms with van der Waals surface area (Å²) >= 11 is 0. The largest absolute Gasteiger partial charge is 0.502 e. The summed E-state index contributed by atoms with van der Waals surface area (Å²) in [6.45, 7) is 16.8. The second kappa shape index (κ2) is 14.9. The lowest BCUT2D eigenvalue weighted by Gasteiger charge is -2.33. The molecule has 0 bridgehead atoms. The van der Waals surface area contributed by atoms with Gasteiger partial charge in [-0.25, -0.2) is 0 Å². The predicted octanol–water partition coefficient (Wildman–Crippen LogP) is 11.7. The van der Waals surface area contributed by atoms with E-state index in [1.807, 2.05) is 49.4 Å². The quantitative estimate of drug-likeness (QED) is 0.102. The zero-order valence-electron chi connectivity index (χ0n) is 33.6. The molecular weight excluding hydrogens is 705 g/mol. The number of phenolic OH excluding ortho intramolecular Hbond substituents is 1. The molecule has 5 aromatic rings. The molecule has 7 heteroatoms. The fraction of sp³-hybridized carbons (Fsp3) is 0.200. The number of benzene rings is 5. The lowest BCUT2D eigenvalue weighted by atomic mass is 9.85. The molecule has 0 saturated carbocycles. The maximum Gasteiger partial charge on any atom is 0.311 e. The van der Waals surface area contributed by atoms with Crippen LogP contribution in [-0.4, -0.2) is 29.3 Å². The van der Waals surface area contributed by atoms with Crippen molar-refractivity contribution in [1.29, 1.82) is 0 Å². The van der Waals surface area contributed by atoms with Gasteiger partial charge in [-0.2, -0.15) is 0 Å². The molecule has 2 aliphatic carbocycles. The number of nitrogens with zero attached hydrogens (tertiary/aromatic N) is 4. The first kappa shape index (κ1) is 37.5. The van der Waals surface area contributed by atoms with Gasteiger partial charge in [-0.15, -0.1) is 0 Å². The monoisotopic (exact) mass is 750 g/mol. The average molecular weight is 751 g/mol. The van der Waals surface area contributed by atoms with Crippen molar-refractivity contribution in [2.75, 3.05) is 22.9 Å². The minimum atomic E-state index is -0.557. The van der Waals surface area contributed by atoms with E-state index in [0.717, 1.165) is 52.3 Å². The summed E-state index contributed by atoms with van der Waals surface area (Å²) in [5, 5.41) is 23.8. The van der Waals surface area contributed by atoms with Crippen molar-refractivity contribution >= 4 is 40.1 Å². The van der Waals surface area contributed by atoms with E-state index in [1.54, 1.807) is 12.3 Å². The van der Waals surface area contributed by atoms with Crippen LogP contribution in [0.4, 0.5) is 22.7 Å². The van der Waals surface area contributed by atoms with E-state index in [9.17, 15) is 15.2 Å². The molecule has 0 spiro atoms. The molecule has 0 aromatic heterocycles. The standard InChI is InChI=1S/C50H46N4O3/c1-30-16-18-39(19-17-30)51-29-43-40(20-21-44(49(43)55)54(56)57)42-28-38-14-11-15-41(46(38)45(42)37-12-9-8-10-13-37)50-52(47-33(4)24-31(2)25-34(47)5)22-23-53(50)48-35(6)26-32(3)27-36(48)7/h8-14,16-21,24-27,29,55H,15,22-23H2,1-7H3. The SMILES string of the molecule is Cc1ccc(N=Cc2c(C3=C(c4ccccc4)C4=C([C]3)C=CCC4=C3N(c4c(C)cc(C)cc4C)CCN3c3c(C)cc(C)cc3C)ccc([N+](=O)[O-])c2O)cc1. The number of hydrogen-bond donors (Lipinski definition) is 1. The summed E-state index contributed by atoms with van der Waals surface area (Å²) in [7, 11) is 0. The smallest absolute Gasteiger partial charge is 0.311 e. The van der Waals surface area contributed by atoms with Crippen LogP contribution in [0.2, 0.25) is 0 Å². The molecule has 1 fully saturated rings. The summed E-state index contributed by atoms with van der Waals surface area (Å²) in [6.07, 6.45) is 10.3. The molecule has 284 valence electrons. The molecule has 0 amide bonds. The van der Waals surface area contributed by atoms with Gasteiger partial charge in [0.05, 0.1) is 17.0 Å². The van der Waals surface area contributed by atoms with Gasteiger partial charge in [0.2, 0.25) is 5.75 Å². The molecule has 1 heterocycles. The zero-order chi connectivity index (χ0) is 40.1. The first-order valence-corrected chi connectivity index (χ1v) is 19.4. The van der Waals surface area contributed by atoms with Gasteiger partial charge in [-0.3, -0.25) is 15.1 Å². The molecule has 1 N–H and O–H groups in total. The summed E-state index contributed by atoms with van der Waals surface area (Å²) < 4.78 is 0. The van der Waals surface area contributed by atoms with E-state index in [4.69, 9.17) is 4.99 Å². The van der Waals surface area contributed by atoms with Gasteiger partial charge in [0.15, 0.2) is 0 Å². The number of phenols is 1. The van der Waals surface area contributed by atoms with Crippen molar-refractivity contribution in [3.05, 3.63) is 198 Å². The Kier molecular flexibility index (Phi) is 9.78. The Morgan fingerprint density at radius 1 is 0.737 bits per heavy atom. The van der Waals surface area contributed by atoms with Gasteiger partial charge in [-0.05, 0) is 129 Å². The lowest BCUT2D eigenvalue weighted by Crippen LogP contribution is -2.28. The van der Waals surface area contributed by atoms with Crippen molar-refractivity contribution in [2.24, 2.45) is 4.99 Å². The van der Waals surface area contributed by atoms with Gasteiger partial charge < -0.3 is 14.9 Å². The Bertz CT molecular complexity index is 2510. The fourth-order valence-electron chi connectivity index (χ4n) is 9.03. The van der Waals surface area contributed by atoms with Gasteiger partial charge >= 0.3 is 5.69 Å². The molecule has 8 rings (SSSR count). The second-order valence-corrected chi connectivity index (χ2v) is 15.5. The third-order valence-corrected chi connectivity index (χ3v) is 11.2. The third-order valence-electron chi connectivity index (χ3n) is 11.2. The molecular formula is C50H46N4O3. The highest BCUT2D eigenvalue weighted by molar-refractivity contribution is 6.13. The number of rotatable bonds is 7. The first-order chi connectivity index (χ1) is 27.4. The van der Waals surface area contributed by atoms with Crippen LogP contribution >= 0.6 is 0 Å². The molecule has 57 heavy (non-hydrogen) atoms. The number of nitro benzene ring substituents is 1. The number of anilines is 2. The minimum absolute atomic E-state index is 0.264. The van der Waals surface area contributed by atoms with Crippen molar-refractivity contribution in [3.8, 4) is 5.75 Å². The number of allylic oxidation sites excluding steroid dienone is 7. The Hall–Kier alpha value is -6.47. The van der Waals surface area contributed by atoms with Crippen molar-refractivity contribution in [1.82, 2.24) is 0 Å². The molecule has 0 atom stereocenters. The topological polar surface area (TPSA) is 82.2 Å². The van der Waals surface area contributed by atoms with E-state index < -0.39 is 10.7 Å². The maximum absolute atomic E-state index is 12.2. The maximum atomic E-state index is 12.2. The van der Waals surface area contributed by atoms with Gasteiger partial charge in [0.1, 0.15) is 5.82 Å². The number of aliphatic imine (C=N–C) groups is 1. The molecule has 5 aromatic carbocycles. The van der Waals surface area contributed by atoms with Gasteiger partial charge in [0, 0.05) is 47.9 Å². The Labute approximate surface area is 335 Å². The van der Waals surface area contributed by atoms with Gasteiger partial charge in [0.25, 0.3) is 0 Å². The summed E-state index contributed by atoms with van der Waals surface area (Å²) in [6, 6.07) is 30.2. The second-order valence-electron chi connectivity index (χ2n) is 15.5. The lowest BCUT2D eigenvalue weighted by molar-refractivity contribution is -0.385. The Morgan fingerprint density at radius 3 is 1.88 bits per heavy atom. The molecule has 0 unspecified atom stereocenters. The van der Waals surface area contributed by atoms with E-state index >= 15 is 0 Å². The van der Waals surface area contributed by atoms with Crippen molar-refractivity contribution < 1.29 is 10.0 Å². The number of aryl methyl sites for hydroxylation is 7. The minimum Gasteiger partial charge on any atom is -0.502 e. The first-order valence-electron chi connectivity index (χ1n) is 19.4. The summed E-state index contributed by atoms with van der Waals surface area (Å²) in [4.78, 5) is 21.3. The molecule has 2 radical (unpaired) electrons. The summed E-state index contributed by atoms with van der Waals surface area (Å²) in [5.41, 5.74) is 17.9. The fourth-order valence-corrected chi connectivity index (χ4v) is 9.03. The zero-order valence-corrected chi connectivity index (χ0v) is 33.6. The Morgan fingerprint density at radius 2 is 1.32 bits per heavy atom. The highest BCUT2D eigenvalue weighted by Gasteiger charge is 2.39. The third kappa shape index (κ3) is 6.77. The van der Waals surface area contributed by atoms with E-state index in [0.29, 0.717) is 17.7 Å². The summed E-state index contributed by atoms with van der Waals surface area (Å²) in [5.74, 6) is 0.707. The number of aromatic hydroxyl groups is 1. The van der Waals surface area contributed by atoms with Crippen LogP contribution in [-0.2, 0) is 0 Å². The number of hydrogen-bond acceptors (Lipinski definition) is 6. The molecule has 1 aliphatic heterocycles. The van der Waals surface area contributed by atoms with E-state index in [1.165, 1.54) is 56.4 Å². The van der Waals surface area contributed by atoms with Crippen molar-refractivity contribution in [2.45, 2.75) is 54.9 Å². The normalized spacial score (nSPS) is 15.5. The molecule has 3 aliphatic rings. The van der Waals surface area contributed by atoms with E-state index in [2.05, 4.69) is 106 Å². The van der Waals surface area contributed by atoms with Gasteiger partial charge in [-0.1, -0.05) is 95.6 Å². The predicted molar refractivity (Wildman–Crippen MR) is 234 cm³/mol.